The number of halogens is 3. The van der Waals surface area contributed by atoms with Crippen LogP contribution in [-0.2, 0) is 57.2 Å². The van der Waals surface area contributed by atoms with Gasteiger partial charge in [-0.1, -0.05) is 40.9 Å². The summed E-state index contributed by atoms with van der Waals surface area (Å²) in [5, 5.41) is 5.33. The SMILES string of the molecule is Cc1cc(COc2c(Cl)cc(NC(=O)CC(=O)OC(=O)CC(=O)Nc3cc(C)c(OCc4cc(Cl)cc(NS(C)(=O)=O)c4)c(C)c3)cc2Cl)cc(NS(C)(=O)=O)c1. The number of carbonyl (C=O) groups excluding carboxylic acids is 4. The predicted octanol–water partition coefficient (Wildman–Crippen LogP) is 6.90. The number of esters is 2. The fourth-order valence-corrected chi connectivity index (χ4v) is 7.37. The molecule has 0 aliphatic carbocycles. The third kappa shape index (κ3) is 14.7. The average Bonchev–Trinajstić information content (AvgIpc) is 3.01. The largest absolute Gasteiger partial charge is 0.488 e. The van der Waals surface area contributed by atoms with Crippen LogP contribution in [0.25, 0.3) is 0 Å². The van der Waals surface area contributed by atoms with Crippen molar-refractivity contribution in [1.82, 2.24) is 0 Å². The minimum Gasteiger partial charge on any atom is -0.488 e. The van der Waals surface area contributed by atoms with Crippen molar-refractivity contribution in [3.8, 4) is 11.5 Å². The average molecular weight is 884 g/mol. The van der Waals surface area contributed by atoms with Gasteiger partial charge in [0.25, 0.3) is 0 Å². The van der Waals surface area contributed by atoms with Crippen LogP contribution in [0.1, 0.15) is 40.7 Å². The zero-order valence-corrected chi connectivity index (χ0v) is 34.9. The molecule has 0 atom stereocenters. The molecule has 0 spiro atoms. The summed E-state index contributed by atoms with van der Waals surface area (Å²) in [7, 11) is -7.01. The van der Waals surface area contributed by atoms with Gasteiger partial charge in [-0.3, -0.25) is 28.6 Å². The molecule has 0 aliphatic rings. The Morgan fingerprint density at radius 3 is 1.49 bits per heavy atom. The lowest BCUT2D eigenvalue weighted by Crippen LogP contribution is -2.23. The van der Waals surface area contributed by atoms with Crippen LogP contribution in [0, 0.1) is 20.8 Å². The van der Waals surface area contributed by atoms with Crippen LogP contribution in [0.15, 0.2) is 60.7 Å². The number of aryl methyl sites for hydroxylation is 3. The fraction of sp³-hybridized carbons (Fsp3) is 0.243. The summed E-state index contributed by atoms with van der Waals surface area (Å²) in [5.74, 6) is -3.46. The standard InChI is InChI=1S/C37H37Cl3N4O11S2/c1-20-6-23(11-28(7-20)43-56(4,49)50)18-54-37-30(39)14-27(15-31(37)40)42-33(46)17-35(48)55-34(47)16-32(45)41-26-8-21(2)36(22(3)9-26)53-19-24-10-25(38)13-29(12-24)44-57(5,51)52/h6-15,43-44H,16-19H2,1-5H3,(H,41,45)(H,42,46). The molecule has 15 nitrogen and oxygen atoms in total. The quantitative estimate of drug-likeness (QED) is 0.0671. The van der Waals surface area contributed by atoms with E-state index in [0.29, 0.717) is 44.4 Å². The maximum Gasteiger partial charge on any atom is 0.322 e. The monoisotopic (exact) mass is 882 g/mol. The molecule has 304 valence electrons. The van der Waals surface area contributed by atoms with Crippen LogP contribution in [0.3, 0.4) is 0 Å². The normalized spacial score (nSPS) is 11.3. The van der Waals surface area contributed by atoms with Crippen molar-refractivity contribution in [2.24, 2.45) is 0 Å². The van der Waals surface area contributed by atoms with Gasteiger partial charge in [0, 0.05) is 22.1 Å². The van der Waals surface area contributed by atoms with Crippen LogP contribution < -0.4 is 29.6 Å². The van der Waals surface area contributed by atoms with Crippen molar-refractivity contribution in [2.45, 2.75) is 46.8 Å². The third-order valence-electron chi connectivity index (χ3n) is 7.33. The molecule has 0 unspecified atom stereocenters. The molecule has 2 amide bonds. The third-order valence-corrected chi connectivity index (χ3v) is 9.32. The van der Waals surface area contributed by atoms with Crippen molar-refractivity contribution in [3.05, 3.63) is 104 Å². The van der Waals surface area contributed by atoms with Crippen LogP contribution in [0.4, 0.5) is 22.7 Å². The first-order valence-electron chi connectivity index (χ1n) is 16.6. The Bertz CT molecular complexity index is 2250. The topological polar surface area (TPSA) is 212 Å². The van der Waals surface area contributed by atoms with Crippen LogP contribution in [-0.4, -0.2) is 53.1 Å². The van der Waals surface area contributed by atoms with Gasteiger partial charge in [-0.2, -0.15) is 0 Å². The second kappa shape index (κ2) is 18.9. The highest BCUT2D eigenvalue weighted by Gasteiger charge is 2.20. The lowest BCUT2D eigenvalue weighted by molar-refractivity contribution is -0.160. The van der Waals surface area contributed by atoms with E-state index in [2.05, 4.69) is 24.8 Å². The number of anilines is 4. The van der Waals surface area contributed by atoms with Gasteiger partial charge in [-0.25, -0.2) is 16.8 Å². The van der Waals surface area contributed by atoms with Gasteiger partial charge in [-0.05, 0) is 103 Å². The molecular formula is C37H37Cl3N4O11S2. The molecule has 20 heteroatoms. The van der Waals surface area contributed by atoms with Gasteiger partial charge in [-0.15, -0.1) is 0 Å². The van der Waals surface area contributed by atoms with Crippen LogP contribution >= 0.6 is 34.8 Å². The van der Waals surface area contributed by atoms with E-state index < -0.39 is 56.6 Å². The van der Waals surface area contributed by atoms with Crippen molar-refractivity contribution in [3.63, 3.8) is 0 Å². The molecule has 0 fully saturated rings. The summed E-state index contributed by atoms with van der Waals surface area (Å²) < 4.78 is 67.6. The first kappa shape index (κ1) is 44.6. The highest BCUT2D eigenvalue weighted by Crippen LogP contribution is 2.37. The molecule has 0 heterocycles. The zero-order chi connectivity index (χ0) is 42.2. The van der Waals surface area contributed by atoms with Gasteiger partial charge in [0.1, 0.15) is 31.8 Å². The van der Waals surface area contributed by atoms with E-state index in [1.54, 1.807) is 63.2 Å². The Hall–Kier alpha value is -5.07. The Balaban J connectivity index is 1.25. The molecule has 57 heavy (non-hydrogen) atoms. The first-order chi connectivity index (χ1) is 26.5. The number of benzene rings is 4. The molecule has 0 saturated heterocycles. The van der Waals surface area contributed by atoms with E-state index in [4.69, 9.17) is 44.3 Å². The molecule has 0 bridgehead atoms. The molecule has 0 aliphatic heterocycles. The van der Waals surface area contributed by atoms with Crippen molar-refractivity contribution < 1.29 is 50.2 Å². The van der Waals surface area contributed by atoms with E-state index in [1.165, 1.54) is 18.2 Å². The summed E-state index contributed by atoms with van der Waals surface area (Å²) in [6.07, 6.45) is 0.357. The fourth-order valence-electron chi connectivity index (χ4n) is 5.43. The minimum absolute atomic E-state index is 0.0207. The number of nitrogens with one attached hydrogen (secondary N) is 4. The summed E-state index contributed by atoms with van der Waals surface area (Å²) in [6.45, 7) is 5.29. The van der Waals surface area contributed by atoms with E-state index in [9.17, 15) is 36.0 Å². The van der Waals surface area contributed by atoms with Gasteiger partial charge in [0.2, 0.25) is 31.9 Å². The summed E-state index contributed by atoms with van der Waals surface area (Å²) in [6, 6.07) is 15.6. The lowest BCUT2D eigenvalue weighted by Gasteiger charge is -2.15. The Kier molecular flexibility index (Phi) is 14.8. The predicted molar refractivity (Wildman–Crippen MR) is 218 cm³/mol. The lowest BCUT2D eigenvalue weighted by atomic mass is 10.1. The van der Waals surface area contributed by atoms with Gasteiger partial charge in [0.15, 0.2) is 5.75 Å². The van der Waals surface area contributed by atoms with E-state index in [0.717, 1.165) is 18.1 Å². The highest BCUT2D eigenvalue weighted by atomic mass is 35.5. The van der Waals surface area contributed by atoms with Gasteiger partial charge >= 0.3 is 11.9 Å². The van der Waals surface area contributed by atoms with Crippen LogP contribution in [0.5, 0.6) is 11.5 Å². The Morgan fingerprint density at radius 1 is 0.561 bits per heavy atom. The second-order valence-corrected chi connectivity index (χ2v) is 17.6. The number of ether oxygens (including phenoxy) is 3. The van der Waals surface area contributed by atoms with E-state index in [-0.39, 0.29) is 40.4 Å². The molecule has 0 aromatic heterocycles. The molecule has 0 saturated carbocycles. The molecule has 4 aromatic carbocycles. The number of amides is 2. The summed E-state index contributed by atoms with van der Waals surface area (Å²) in [4.78, 5) is 49.8. The molecule has 4 rings (SSSR count). The first-order valence-corrected chi connectivity index (χ1v) is 21.5. The minimum atomic E-state index is -3.52. The molecule has 4 N–H and O–H groups in total. The Labute approximate surface area is 344 Å². The van der Waals surface area contributed by atoms with Crippen molar-refractivity contribution >= 4 is 101 Å². The van der Waals surface area contributed by atoms with Gasteiger partial charge in [0.05, 0.1) is 28.2 Å². The molecule has 0 radical (unpaired) electrons. The Morgan fingerprint density at radius 2 is 1.00 bits per heavy atom. The molecular weight excluding hydrogens is 847 g/mol. The summed E-state index contributed by atoms with van der Waals surface area (Å²) in [5.41, 5.74) is 4.35. The second-order valence-electron chi connectivity index (χ2n) is 12.9. The van der Waals surface area contributed by atoms with Gasteiger partial charge < -0.3 is 24.8 Å². The maximum atomic E-state index is 12.6. The number of hydrogen-bond acceptors (Lipinski definition) is 11. The highest BCUT2D eigenvalue weighted by molar-refractivity contribution is 7.92. The zero-order valence-electron chi connectivity index (χ0n) is 31.0. The number of rotatable bonds is 16. The number of hydrogen-bond donors (Lipinski definition) is 4. The van der Waals surface area contributed by atoms with Crippen molar-refractivity contribution in [1.29, 1.82) is 0 Å². The van der Waals surface area contributed by atoms with E-state index >= 15 is 0 Å². The van der Waals surface area contributed by atoms with E-state index in [1.807, 2.05) is 0 Å². The van der Waals surface area contributed by atoms with Crippen molar-refractivity contribution in [2.75, 3.05) is 32.6 Å². The number of sulfonamides is 2. The smallest absolute Gasteiger partial charge is 0.322 e. The summed E-state index contributed by atoms with van der Waals surface area (Å²) >= 11 is 18.8. The number of carbonyl (C=O) groups is 4. The molecule has 4 aromatic rings. The maximum absolute atomic E-state index is 12.6. The van der Waals surface area contributed by atoms with Crippen LogP contribution in [0.2, 0.25) is 15.1 Å².